The van der Waals surface area contributed by atoms with Gasteiger partial charge < -0.3 is 5.32 Å². The third-order valence-electron chi connectivity index (χ3n) is 7.63. The Morgan fingerprint density at radius 1 is 0.833 bits per heavy atom. The molecule has 0 spiro atoms. The minimum atomic E-state index is -0.816. The molecule has 7 rings (SSSR count). The number of fused-ring (bicyclic) bond motifs is 3. The van der Waals surface area contributed by atoms with Crippen molar-refractivity contribution >= 4 is 63.0 Å². The average molecular weight is 596 g/mol. The molecule has 3 heterocycles. The number of halogens is 1. The van der Waals surface area contributed by atoms with Gasteiger partial charge in [0.05, 0.1) is 16.6 Å². The first-order chi connectivity index (χ1) is 20.4. The second-order valence-electron chi connectivity index (χ2n) is 10.2. The van der Waals surface area contributed by atoms with Crippen molar-refractivity contribution in [3.8, 4) is 0 Å². The smallest absolute Gasteiger partial charge is 0.308 e. The zero-order valence-electron chi connectivity index (χ0n) is 21.9. The van der Waals surface area contributed by atoms with Crippen molar-refractivity contribution in [2.75, 3.05) is 10.2 Å². The first kappa shape index (κ1) is 26.4. The summed E-state index contributed by atoms with van der Waals surface area (Å²) in [5.74, 6) is -3.03. The zero-order chi connectivity index (χ0) is 29.0. The molecule has 4 aromatic carbocycles. The van der Waals surface area contributed by atoms with E-state index >= 15 is 0 Å². The quantitative estimate of drug-likeness (QED) is 0.266. The van der Waals surface area contributed by atoms with Crippen LogP contribution in [0.5, 0.6) is 0 Å². The molecule has 1 fully saturated rings. The summed E-state index contributed by atoms with van der Waals surface area (Å²) in [6.45, 7) is -0.261. The fourth-order valence-electron chi connectivity index (χ4n) is 5.73. The highest BCUT2D eigenvalue weighted by Crippen LogP contribution is 2.53. The molecule has 3 atom stereocenters. The van der Waals surface area contributed by atoms with Gasteiger partial charge in [0.25, 0.3) is 0 Å². The second kappa shape index (κ2) is 10.4. The fourth-order valence-corrected chi connectivity index (χ4v) is 8.50. The number of thiazole rings is 1. The van der Waals surface area contributed by atoms with Crippen LogP contribution in [-0.2, 0) is 20.9 Å². The van der Waals surface area contributed by atoms with Gasteiger partial charge >= 0.3 is 4.87 Å². The lowest BCUT2D eigenvalue weighted by Gasteiger charge is -2.30. The first-order valence-corrected chi connectivity index (χ1v) is 15.0. The van der Waals surface area contributed by atoms with E-state index in [1.165, 1.54) is 21.6 Å². The molecular weight excluding hydrogens is 574 g/mol. The van der Waals surface area contributed by atoms with E-state index in [0.717, 1.165) is 33.9 Å². The molecule has 0 aliphatic carbocycles. The van der Waals surface area contributed by atoms with Gasteiger partial charge in [0.2, 0.25) is 17.7 Å². The van der Waals surface area contributed by atoms with Gasteiger partial charge in [-0.05, 0) is 52.7 Å². The summed E-state index contributed by atoms with van der Waals surface area (Å²) in [6, 6.07) is 27.9. The Morgan fingerprint density at radius 3 is 2.31 bits per heavy atom. The molecule has 208 valence electrons. The van der Waals surface area contributed by atoms with Crippen LogP contribution in [0.4, 0.5) is 15.8 Å². The lowest BCUT2D eigenvalue weighted by atomic mass is 9.83. The lowest BCUT2D eigenvalue weighted by molar-refractivity contribution is -0.122. The van der Waals surface area contributed by atoms with E-state index < -0.39 is 28.8 Å². The monoisotopic (exact) mass is 595 g/mol. The van der Waals surface area contributed by atoms with Gasteiger partial charge in [0.15, 0.2) is 0 Å². The molecule has 2 unspecified atom stereocenters. The van der Waals surface area contributed by atoms with E-state index in [2.05, 4.69) is 5.32 Å². The number of nitrogens with one attached hydrogen (secondary N) is 1. The van der Waals surface area contributed by atoms with Gasteiger partial charge in [-0.3, -0.25) is 23.7 Å². The average Bonchev–Trinajstić information content (AvgIpc) is 3.44. The molecule has 0 saturated carbocycles. The molecule has 1 saturated heterocycles. The summed E-state index contributed by atoms with van der Waals surface area (Å²) in [5.41, 5.74) is 1.69. The molecule has 1 aromatic heterocycles. The Kier molecular flexibility index (Phi) is 6.52. The molecule has 3 amide bonds. The maximum absolute atomic E-state index is 13.9. The number of hydrogen-bond acceptors (Lipinski definition) is 6. The van der Waals surface area contributed by atoms with E-state index in [4.69, 9.17) is 0 Å². The number of nitrogens with zero attached hydrogens (tertiary/aromatic N) is 2. The topological polar surface area (TPSA) is 88.5 Å². The highest BCUT2D eigenvalue weighted by Gasteiger charge is 2.56. The summed E-state index contributed by atoms with van der Waals surface area (Å²) in [7, 11) is 0. The second-order valence-corrected chi connectivity index (χ2v) is 12.3. The highest BCUT2D eigenvalue weighted by molar-refractivity contribution is 8.00. The van der Waals surface area contributed by atoms with Crippen molar-refractivity contribution in [1.82, 2.24) is 4.57 Å². The molecule has 1 N–H and O–H groups in total. The number of carbonyl (C=O) groups excluding carboxylic acids is 3. The van der Waals surface area contributed by atoms with Crippen LogP contribution in [-0.4, -0.2) is 27.5 Å². The molecule has 5 aromatic rings. The molecule has 0 bridgehead atoms. The number of carbonyl (C=O) groups is 3. The Labute approximate surface area is 247 Å². The minimum absolute atomic E-state index is 0.261. The van der Waals surface area contributed by atoms with Crippen molar-refractivity contribution in [2.24, 2.45) is 5.92 Å². The SMILES string of the molecule is O=C(Cn1c2c(sc1=O)[C@H](c1ccc(F)cc1)C1C(=O)N(c3ccccc3)C(=O)C1S2)Nc1ccc2ccccc2c1. The molecule has 42 heavy (non-hydrogen) atoms. The Morgan fingerprint density at radius 2 is 1.55 bits per heavy atom. The number of amides is 3. The van der Waals surface area contributed by atoms with Crippen molar-refractivity contribution in [3.63, 3.8) is 0 Å². The zero-order valence-corrected chi connectivity index (χ0v) is 23.5. The number of anilines is 2. The van der Waals surface area contributed by atoms with Crippen LogP contribution in [0.2, 0.25) is 0 Å². The molecular formula is C32H22FN3O4S2. The van der Waals surface area contributed by atoms with Gasteiger partial charge in [-0.25, -0.2) is 9.29 Å². The number of imide groups is 1. The molecule has 0 radical (unpaired) electrons. The molecule has 2 aliphatic heterocycles. The number of hydrogen-bond donors (Lipinski definition) is 1. The van der Waals surface area contributed by atoms with E-state index in [9.17, 15) is 23.6 Å². The van der Waals surface area contributed by atoms with Crippen molar-refractivity contribution < 1.29 is 18.8 Å². The lowest BCUT2D eigenvalue weighted by Crippen LogP contribution is -2.33. The summed E-state index contributed by atoms with van der Waals surface area (Å²) in [6.07, 6.45) is 0. The van der Waals surface area contributed by atoms with Crippen LogP contribution < -0.4 is 15.1 Å². The summed E-state index contributed by atoms with van der Waals surface area (Å²) in [5, 5.41) is 4.54. The summed E-state index contributed by atoms with van der Waals surface area (Å²) in [4.78, 5) is 55.5. The largest absolute Gasteiger partial charge is 0.325 e. The van der Waals surface area contributed by atoms with E-state index in [1.807, 2.05) is 36.4 Å². The summed E-state index contributed by atoms with van der Waals surface area (Å²) >= 11 is 2.10. The van der Waals surface area contributed by atoms with Crippen molar-refractivity contribution in [3.05, 3.63) is 123 Å². The number of benzene rings is 4. The first-order valence-electron chi connectivity index (χ1n) is 13.3. The summed E-state index contributed by atoms with van der Waals surface area (Å²) < 4.78 is 15.3. The van der Waals surface area contributed by atoms with Gasteiger partial charge in [0, 0.05) is 16.5 Å². The molecule has 10 heteroatoms. The van der Waals surface area contributed by atoms with Crippen LogP contribution in [0.15, 0.2) is 107 Å². The number of thioether (sulfide) groups is 1. The fraction of sp³-hybridized carbons (Fsp3) is 0.125. The van der Waals surface area contributed by atoms with Crippen molar-refractivity contribution in [1.29, 1.82) is 0 Å². The Hall–Kier alpha value is -4.54. The predicted octanol–water partition coefficient (Wildman–Crippen LogP) is 5.64. The van der Waals surface area contributed by atoms with E-state index in [-0.39, 0.29) is 23.2 Å². The molecule has 2 aliphatic rings. The van der Waals surface area contributed by atoms with Crippen molar-refractivity contribution in [2.45, 2.75) is 22.7 Å². The predicted molar refractivity (Wildman–Crippen MR) is 161 cm³/mol. The van der Waals surface area contributed by atoms with Crippen LogP contribution in [0.3, 0.4) is 0 Å². The van der Waals surface area contributed by atoms with Crippen LogP contribution in [0.25, 0.3) is 10.8 Å². The third kappa shape index (κ3) is 4.43. The maximum atomic E-state index is 13.9. The highest BCUT2D eigenvalue weighted by atomic mass is 32.2. The maximum Gasteiger partial charge on any atom is 0.308 e. The molecule has 7 nitrogen and oxygen atoms in total. The van der Waals surface area contributed by atoms with Gasteiger partial charge in [-0.2, -0.15) is 0 Å². The van der Waals surface area contributed by atoms with Crippen LogP contribution in [0, 0.1) is 11.7 Å². The van der Waals surface area contributed by atoms with E-state index in [0.29, 0.717) is 26.8 Å². The van der Waals surface area contributed by atoms with Gasteiger partial charge in [-0.15, -0.1) is 0 Å². The Balaban J connectivity index is 1.26. The van der Waals surface area contributed by atoms with Gasteiger partial charge in [-0.1, -0.05) is 83.8 Å². The van der Waals surface area contributed by atoms with Gasteiger partial charge in [0.1, 0.15) is 17.6 Å². The number of para-hydroxylation sites is 1. The van der Waals surface area contributed by atoms with Crippen LogP contribution >= 0.6 is 23.1 Å². The standard InChI is InChI=1S/C32H22FN3O4S2/c33-21-13-10-19(11-14-21)25-26-27(30(39)36(29(26)38)23-8-2-1-3-9-23)41-31-28(25)42-32(40)35(31)17-24(37)34-22-15-12-18-6-4-5-7-20(18)16-22/h1-16,25-27H,17H2,(H,34,37)/t25-,26?,27?/m1/s1. The number of rotatable bonds is 5. The van der Waals surface area contributed by atoms with Crippen LogP contribution in [0.1, 0.15) is 16.4 Å². The minimum Gasteiger partial charge on any atom is -0.325 e. The number of aromatic nitrogens is 1. The third-order valence-corrected chi connectivity index (χ3v) is 10.2. The Bertz CT molecular complexity index is 1940. The van der Waals surface area contributed by atoms with E-state index in [1.54, 1.807) is 48.5 Å². The normalized spacial score (nSPS) is 19.5.